The Morgan fingerprint density at radius 2 is 1.80 bits per heavy atom. The van der Waals surface area contributed by atoms with Crippen LogP contribution in [0, 0.1) is 5.92 Å². The van der Waals surface area contributed by atoms with Gasteiger partial charge in [-0.1, -0.05) is 47.6 Å². The maximum absolute atomic E-state index is 14.1. The fourth-order valence-electron chi connectivity index (χ4n) is 5.83. The summed E-state index contributed by atoms with van der Waals surface area (Å²) in [6.45, 7) is -0.339. The molecule has 0 bridgehead atoms. The average Bonchev–Trinajstić information content (AvgIpc) is 3.83. The van der Waals surface area contributed by atoms with Crippen LogP contribution in [0.15, 0.2) is 53.4 Å². The molecular formula is C28H36N3O13PS. The number of nitrogens with one attached hydrogen (secondary N) is 1. The van der Waals surface area contributed by atoms with E-state index in [4.69, 9.17) is 33.1 Å². The van der Waals surface area contributed by atoms with Gasteiger partial charge in [-0.15, -0.1) is 5.06 Å². The Hall–Kier alpha value is -2.83. The summed E-state index contributed by atoms with van der Waals surface area (Å²) >= 11 is 0. The number of benzene rings is 2. The van der Waals surface area contributed by atoms with Crippen molar-refractivity contribution in [2.75, 3.05) is 26.7 Å². The van der Waals surface area contributed by atoms with Crippen molar-refractivity contribution in [3.63, 3.8) is 0 Å². The molecule has 252 valence electrons. The Morgan fingerprint density at radius 1 is 1.04 bits per heavy atom. The van der Waals surface area contributed by atoms with Crippen LogP contribution in [0.25, 0.3) is 0 Å². The number of sulfonamides is 1. The molecule has 0 aromatic heterocycles. The molecule has 1 amide bonds. The number of nitrogens with zero attached hydrogens (tertiary/aromatic N) is 2. The van der Waals surface area contributed by atoms with Gasteiger partial charge in [-0.05, 0) is 37.0 Å². The highest BCUT2D eigenvalue weighted by molar-refractivity contribution is 7.89. The lowest BCUT2D eigenvalue weighted by atomic mass is 10.0. The third-order valence-electron chi connectivity index (χ3n) is 8.09. The minimum atomic E-state index is -5.31. The molecule has 2 aromatic carbocycles. The van der Waals surface area contributed by atoms with Crippen molar-refractivity contribution in [2.45, 2.75) is 68.1 Å². The quantitative estimate of drug-likeness (QED) is 0.158. The highest BCUT2D eigenvalue weighted by Gasteiger charge is 2.44. The number of hydroxylamine groups is 3. The monoisotopic (exact) mass is 685 g/mol. The van der Waals surface area contributed by atoms with E-state index in [0.717, 1.165) is 12.8 Å². The maximum atomic E-state index is 14.1. The number of alkyl carbamates (subject to hydrolysis) is 1. The fraction of sp³-hybridized carbons (Fsp3) is 0.536. The molecule has 2 aromatic rings. The predicted octanol–water partition coefficient (Wildman–Crippen LogP) is 2.62. The van der Waals surface area contributed by atoms with Gasteiger partial charge in [0.15, 0.2) is 17.8 Å². The van der Waals surface area contributed by atoms with Gasteiger partial charge >= 0.3 is 13.9 Å². The summed E-state index contributed by atoms with van der Waals surface area (Å²) < 4.78 is 73.4. The van der Waals surface area contributed by atoms with Crippen molar-refractivity contribution in [2.24, 2.45) is 5.92 Å². The van der Waals surface area contributed by atoms with Crippen LogP contribution in [0.4, 0.5) is 4.79 Å². The Labute approximate surface area is 265 Å². The number of ether oxygens (including phenoxy) is 5. The second kappa shape index (κ2) is 14.1. The zero-order chi connectivity index (χ0) is 32.3. The highest BCUT2D eigenvalue weighted by atomic mass is 32.2. The number of rotatable bonds is 13. The van der Waals surface area contributed by atoms with Crippen molar-refractivity contribution >= 4 is 23.9 Å². The van der Waals surface area contributed by atoms with Crippen molar-refractivity contribution in [3.05, 3.63) is 54.1 Å². The third kappa shape index (κ3) is 7.99. The normalized spacial score (nSPS) is 23.6. The molecule has 0 radical (unpaired) electrons. The van der Waals surface area contributed by atoms with Crippen molar-refractivity contribution in [1.82, 2.24) is 14.8 Å². The first-order valence-corrected chi connectivity index (χ1v) is 17.9. The largest absolute Gasteiger partial charge is 0.486 e. The van der Waals surface area contributed by atoms with E-state index in [1.165, 1.54) is 18.2 Å². The van der Waals surface area contributed by atoms with Gasteiger partial charge in [-0.25, -0.2) is 17.8 Å². The number of hydrogen-bond donors (Lipinski definition) is 3. The van der Waals surface area contributed by atoms with Gasteiger partial charge in [0, 0.05) is 12.5 Å². The second-order valence-corrected chi connectivity index (χ2v) is 14.3. The maximum Gasteiger partial charge on any atom is 0.486 e. The van der Waals surface area contributed by atoms with E-state index in [1.807, 2.05) is 0 Å². The summed E-state index contributed by atoms with van der Waals surface area (Å²) in [6.07, 6.45) is -0.521. The molecule has 46 heavy (non-hydrogen) atoms. The summed E-state index contributed by atoms with van der Waals surface area (Å²) in [5, 5.41) is 3.29. The Morgan fingerprint density at radius 3 is 2.57 bits per heavy atom. The molecule has 1 aliphatic carbocycles. The van der Waals surface area contributed by atoms with E-state index in [2.05, 4.69) is 5.32 Å². The third-order valence-corrected chi connectivity index (χ3v) is 10.1. The first kappa shape index (κ1) is 33.1. The standard InChI is InChI=1S/C28H36N3O13PS/c32-28(42-25-16-39-27-22(25)12-13-38-27)29-26(14-19-6-2-1-3-7-19)30(44-45(33,34)35)17-31(43-20-8-4-5-9-20)46(36,37)21-10-11-23-24(15-21)41-18-40-23/h1-3,6-7,10-11,15,20,22,25-27H,4-5,8-9,12-14,16-18H2,(H,29,32)(H2,33,34,35)/t22-,25?,26+,27+/m0/s1. The molecule has 3 N–H and O–H groups in total. The zero-order valence-corrected chi connectivity index (χ0v) is 26.4. The van der Waals surface area contributed by atoms with E-state index in [0.29, 0.717) is 46.7 Å². The van der Waals surface area contributed by atoms with E-state index < -0.39 is 55.3 Å². The smallest absolute Gasteiger partial charge is 0.454 e. The van der Waals surface area contributed by atoms with Crippen molar-refractivity contribution in [3.8, 4) is 11.5 Å². The number of carbonyl (C=O) groups excluding carboxylic acids is 1. The lowest BCUT2D eigenvalue weighted by Gasteiger charge is -2.35. The van der Waals surface area contributed by atoms with Gasteiger partial charge in [0.05, 0.1) is 30.1 Å². The molecule has 6 rings (SSSR count). The molecule has 2 saturated heterocycles. The van der Waals surface area contributed by atoms with Crippen LogP contribution in [-0.2, 0) is 44.7 Å². The van der Waals surface area contributed by atoms with E-state index in [1.54, 1.807) is 30.3 Å². The second-order valence-electron chi connectivity index (χ2n) is 11.3. The van der Waals surface area contributed by atoms with Gasteiger partial charge in [0.25, 0.3) is 10.0 Å². The number of phosphoric acid groups is 1. The molecule has 18 heteroatoms. The molecule has 3 heterocycles. The minimum absolute atomic E-state index is 0.0619. The number of fused-ring (bicyclic) bond motifs is 2. The molecule has 1 saturated carbocycles. The lowest BCUT2D eigenvalue weighted by Crippen LogP contribution is -2.54. The first-order chi connectivity index (χ1) is 22.0. The van der Waals surface area contributed by atoms with Crippen molar-refractivity contribution in [1.29, 1.82) is 0 Å². The highest BCUT2D eigenvalue weighted by Crippen LogP contribution is 2.40. The molecule has 0 spiro atoms. The molecule has 4 atom stereocenters. The van der Waals surface area contributed by atoms with Gasteiger partial charge in [0.1, 0.15) is 18.9 Å². The van der Waals surface area contributed by atoms with Crippen LogP contribution in [0.3, 0.4) is 0 Å². The predicted molar refractivity (Wildman–Crippen MR) is 156 cm³/mol. The Balaban J connectivity index is 1.30. The van der Waals surface area contributed by atoms with Crippen LogP contribution in [0.2, 0.25) is 0 Å². The zero-order valence-electron chi connectivity index (χ0n) is 24.7. The molecule has 1 unspecified atom stereocenters. The van der Waals surface area contributed by atoms with Gasteiger partial charge in [-0.3, -0.25) is 4.84 Å². The van der Waals surface area contributed by atoms with E-state index in [-0.39, 0.29) is 36.4 Å². The topological polar surface area (TPSA) is 192 Å². The van der Waals surface area contributed by atoms with Crippen LogP contribution < -0.4 is 14.8 Å². The summed E-state index contributed by atoms with van der Waals surface area (Å²) in [7, 11) is -9.81. The molecular weight excluding hydrogens is 649 g/mol. The van der Waals surface area contributed by atoms with Gasteiger partial charge < -0.3 is 38.8 Å². The SMILES string of the molecule is O=C(N[C@@H](Cc1ccccc1)N(CN(OC1CCCC1)S(=O)(=O)c1ccc2c(c1)OCO2)OP(=O)(O)O)OC1CO[C@H]2OCC[C@@H]12. The van der Waals surface area contributed by atoms with Gasteiger partial charge in [0.2, 0.25) is 6.79 Å². The summed E-state index contributed by atoms with van der Waals surface area (Å²) in [6, 6.07) is 12.8. The van der Waals surface area contributed by atoms with E-state index in [9.17, 15) is 27.6 Å². The number of amides is 1. The van der Waals surface area contributed by atoms with E-state index >= 15 is 0 Å². The Bertz CT molecular complexity index is 1520. The van der Waals surface area contributed by atoms with Crippen LogP contribution in [0.1, 0.15) is 37.7 Å². The molecule has 3 aliphatic heterocycles. The first-order valence-electron chi connectivity index (χ1n) is 14.9. The van der Waals surface area contributed by atoms with Gasteiger partial charge in [-0.2, -0.15) is 4.62 Å². The summed E-state index contributed by atoms with van der Waals surface area (Å²) in [5.41, 5.74) is 0.641. The molecule has 16 nitrogen and oxygen atoms in total. The molecule has 3 fully saturated rings. The number of hydrogen-bond acceptors (Lipinski definition) is 12. The number of carbonyl (C=O) groups is 1. The fourth-order valence-corrected chi connectivity index (χ4v) is 7.50. The summed E-state index contributed by atoms with van der Waals surface area (Å²) in [4.78, 5) is 38.9. The average molecular weight is 686 g/mol. The molecule has 4 aliphatic rings. The Kier molecular flexibility index (Phi) is 10.1. The van der Waals surface area contributed by atoms with Crippen molar-refractivity contribution < 1.29 is 60.7 Å². The van der Waals surface area contributed by atoms with Crippen LogP contribution in [-0.4, -0.2) is 85.2 Å². The lowest BCUT2D eigenvalue weighted by molar-refractivity contribution is -0.217. The van der Waals surface area contributed by atoms with Crippen LogP contribution in [0.5, 0.6) is 11.5 Å². The minimum Gasteiger partial charge on any atom is -0.454 e. The summed E-state index contributed by atoms with van der Waals surface area (Å²) in [5.74, 6) is 0.410. The van der Waals surface area contributed by atoms with Crippen LogP contribution >= 0.6 is 7.82 Å².